The van der Waals surface area contributed by atoms with Gasteiger partial charge in [-0.05, 0) is 74.2 Å². The smallest absolute Gasteiger partial charge is 0.264 e. The molecule has 0 aromatic heterocycles. The highest BCUT2D eigenvalue weighted by Crippen LogP contribution is 2.28. The molecule has 0 unspecified atom stereocenters. The van der Waals surface area contributed by atoms with Gasteiger partial charge in [0.2, 0.25) is 5.91 Å². The molecule has 3 rings (SSSR count). The van der Waals surface area contributed by atoms with Gasteiger partial charge in [0, 0.05) is 5.69 Å². The van der Waals surface area contributed by atoms with Crippen LogP contribution in [0.4, 0.5) is 11.4 Å². The first-order chi connectivity index (χ1) is 14.7. The van der Waals surface area contributed by atoms with Gasteiger partial charge >= 0.3 is 0 Å². The number of anilines is 2. The minimum atomic E-state index is -3.94. The summed E-state index contributed by atoms with van der Waals surface area (Å²) in [6.07, 6.45) is 0.906. The van der Waals surface area contributed by atoms with E-state index < -0.39 is 15.9 Å². The quantitative estimate of drug-likeness (QED) is 0.566. The molecule has 0 saturated heterocycles. The fraction of sp³-hybridized carbons (Fsp3) is 0.240. The Hall–Kier alpha value is -3.12. The minimum absolute atomic E-state index is 0.152. The lowest BCUT2D eigenvalue weighted by molar-refractivity contribution is -0.114. The first kappa shape index (κ1) is 22.6. The van der Waals surface area contributed by atoms with Crippen LogP contribution in [0.2, 0.25) is 0 Å². The van der Waals surface area contributed by atoms with Crippen LogP contribution in [0.25, 0.3) is 0 Å². The Kier molecular flexibility index (Phi) is 6.81. The number of hydrogen-bond donors (Lipinski definition) is 1. The number of rotatable bonds is 7. The number of nitrogens with zero attached hydrogens (tertiary/aromatic N) is 1. The topological polar surface area (TPSA) is 66.5 Å². The highest BCUT2D eigenvalue weighted by Gasteiger charge is 2.28. The molecular weight excluding hydrogens is 408 g/mol. The van der Waals surface area contributed by atoms with Crippen molar-refractivity contribution in [1.29, 1.82) is 0 Å². The first-order valence-electron chi connectivity index (χ1n) is 10.3. The molecule has 0 heterocycles. The van der Waals surface area contributed by atoms with Crippen molar-refractivity contribution in [1.82, 2.24) is 0 Å². The van der Waals surface area contributed by atoms with Gasteiger partial charge in [-0.15, -0.1) is 0 Å². The van der Waals surface area contributed by atoms with E-state index in [0.717, 1.165) is 28.7 Å². The van der Waals surface area contributed by atoms with E-state index in [9.17, 15) is 13.2 Å². The molecule has 0 radical (unpaired) electrons. The van der Waals surface area contributed by atoms with E-state index in [1.807, 2.05) is 51.1 Å². The summed E-state index contributed by atoms with van der Waals surface area (Å²) in [7, 11) is -3.94. The average Bonchev–Trinajstić information content (AvgIpc) is 2.75. The highest BCUT2D eigenvalue weighted by atomic mass is 32.2. The number of sulfonamides is 1. The molecule has 1 N–H and O–H groups in total. The van der Waals surface area contributed by atoms with Gasteiger partial charge < -0.3 is 5.32 Å². The molecule has 0 aliphatic rings. The molecule has 0 aliphatic carbocycles. The molecule has 6 heteroatoms. The van der Waals surface area contributed by atoms with Crippen molar-refractivity contribution in [3.8, 4) is 0 Å². The normalized spacial score (nSPS) is 11.2. The molecule has 0 spiro atoms. The molecule has 31 heavy (non-hydrogen) atoms. The van der Waals surface area contributed by atoms with Gasteiger partial charge in [0.1, 0.15) is 6.54 Å². The van der Waals surface area contributed by atoms with E-state index in [1.54, 1.807) is 36.4 Å². The molecule has 0 saturated carbocycles. The number of amides is 1. The van der Waals surface area contributed by atoms with Crippen LogP contribution in [-0.2, 0) is 21.2 Å². The van der Waals surface area contributed by atoms with E-state index >= 15 is 0 Å². The lowest BCUT2D eigenvalue weighted by atomic mass is 10.1. The van der Waals surface area contributed by atoms with Crippen molar-refractivity contribution in [3.63, 3.8) is 0 Å². The molecule has 3 aromatic rings. The van der Waals surface area contributed by atoms with Crippen molar-refractivity contribution >= 4 is 27.3 Å². The second-order valence-electron chi connectivity index (χ2n) is 7.64. The summed E-state index contributed by atoms with van der Waals surface area (Å²) in [6.45, 7) is 7.42. The number of hydrogen-bond acceptors (Lipinski definition) is 3. The summed E-state index contributed by atoms with van der Waals surface area (Å²) < 4.78 is 28.2. The molecule has 0 atom stereocenters. The SMILES string of the molecule is CCc1ccc(NC(=O)CN(c2cccc(C)c2C)S(=O)(=O)c2ccc(C)cc2)cc1. The Morgan fingerprint density at radius 1 is 0.903 bits per heavy atom. The predicted octanol–water partition coefficient (Wildman–Crippen LogP) is 5.01. The molecule has 5 nitrogen and oxygen atoms in total. The van der Waals surface area contributed by atoms with E-state index in [1.165, 1.54) is 4.31 Å². The minimum Gasteiger partial charge on any atom is -0.325 e. The summed E-state index contributed by atoms with van der Waals surface area (Å²) in [5, 5.41) is 2.82. The van der Waals surface area contributed by atoms with Gasteiger partial charge in [-0.2, -0.15) is 0 Å². The second kappa shape index (κ2) is 9.35. The van der Waals surface area contributed by atoms with Crippen LogP contribution in [0.1, 0.15) is 29.2 Å². The Bertz CT molecular complexity index is 1170. The van der Waals surface area contributed by atoms with Gasteiger partial charge in [-0.3, -0.25) is 9.10 Å². The van der Waals surface area contributed by atoms with E-state index in [4.69, 9.17) is 0 Å². The van der Waals surface area contributed by atoms with Crippen molar-refractivity contribution in [2.75, 3.05) is 16.2 Å². The Balaban J connectivity index is 1.96. The fourth-order valence-corrected chi connectivity index (χ4v) is 4.78. The average molecular weight is 437 g/mol. The lowest BCUT2D eigenvalue weighted by Crippen LogP contribution is -2.38. The molecule has 0 aliphatic heterocycles. The van der Waals surface area contributed by atoms with Gasteiger partial charge in [-0.1, -0.05) is 48.9 Å². The van der Waals surface area contributed by atoms with Crippen molar-refractivity contribution in [2.24, 2.45) is 0 Å². The Morgan fingerprint density at radius 3 is 2.16 bits per heavy atom. The zero-order valence-corrected chi connectivity index (χ0v) is 19.2. The number of carbonyl (C=O) groups is 1. The van der Waals surface area contributed by atoms with Crippen LogP contribution >= 0.6 is 0 Å². The van der Waals surface area contributed by atoms with Gasteiger partial charge in [0.25, 0.3) is 10.0 Å². The van der Waals surface area contributed by atoms with Crippen LogP contribution in [-0.4, -0.2) is 20.9 Å². The molecular formula is C25H28N2O3S. The van der Waals surface area contributed by atoms with Crippen LogP contribution in [0.3, 0.4) is 0 Å². The van der Waals surface area contributed by atoms with E-state index in [2.05, 4.69) is 12.2 Å². The van der Waals surface area contributed by atoms with Crippen LogP contribution in [0.5, 0.6) is 0 Å². The summed E-state index contributed by atoms with van der Waals surface area (Å²) in [5.74, 6) is -0.402. The third-order valence-corrected chi connectivity index (χ3v) is 7.16. The van der Waals surface area contributed by atoms with E-state index in [-0.39, 0.29) is 11.4 Å². The highest BCUT2D eigenvalue weighted by molar-refractivity contribution is 7.92. The van der Waals surface area contributed by atoms with Crippen molar-refractivity contribution in [3.05, 3.63) is 89.0 Å². The standard InChI is InChI=1S/C25H28N2O3S/c1-5-21-11-13-22(14-12-21)26-25(28)17-27(24-8-6-7-19(3)20(24)4)31(29,30)23-15-9-18(2)10-16-23/h6-16H,5,17H2,1-4H3,(H,26,28). The first-order valence-corrected chi connectivity index (χ1v) is 11.7. The fourth-order valence-electron chi connectivity index (χ4n) is 3.30. The molecule has 162 valence electrons. The van der Waals surface area contributed by atoms with Crippen LogP contribution in [0.15, 0.2) is 71.6 Å². The van der Waals surface area contributed by atoms with Gasteiger partial charge in [0.15, 0.2) is 0 Å². The summed E-state index contributed by atoms with van der Waals surface area (Å²) in [4.78, 5) is 13.0. The third kappa shape index (κ3) is 5.14. The maximum atomic E-state index is 13.5. The molecule has 0 bridgehead atoms. The van der Waals surface area contributed by atoms with E-state index in [0.29, 0.717) is 11.4 Å². The monoisotopic (exact) mass is 436 g/mol. The largest absolute Gasteiger partial charge is 0.325 e. The molecule has 0 fully saturated rings. The number of aryl methyl sites for hydroxylation is 3. The van der Waals surface area contributed by atoms with Gasteiger partial charge in [0.05, 0.1) is 10.6 Å². The summed E-state index contributed by atoms with van der Waals surface area (Å²) >= 11 is 0. The maximum Gasteiger partial charge on any atom is 0.264 e. The zero-order chi connectivity index (χ0) is 22.6. The molecule has 3 aromatic carbocycles. The number of carbonyl (C=O) groups excluding carboxylic acids is 1. The molecule has 1 amide bonds. The number of benzene rings is 3. The summed E-state index contributed by atoms with van der Waals surface area (Å²) in [5.41, 5.74) is 5.03. The Labute approximate surface area is 184 Å². The number of nitrogens with one attached hydrogen (secondary N) is 1. The summed E-state index contributed by atoms with van der Waals surface area (Å²) in [6, 6.07) is 19.7. The van der Waals surface area contributed by atoms with Crippen LogP contribution in [0, 0.1) is 20.8 Å². The second-order valence-corrected chi connectivity index (χ2v) is 9.50. The lowest BCUT2D eigenvalue weighted by Gasteiger charge is -2.26. The van der Waals surface area contributed by atoms with Gasteiger partial charge in [-0.25, -0.2) is 8.42 Å². The van der Waals surface area contributed by atoms with Crippen LogP contribution < -0.4 is 9.62 Å². The zero-order valence-electron chi connectivity index (χ0n) is 18.3. The Morgan fingerprint density at radius 2 is 1.55 bits per heavy atom. The third-order valence-electron chi connectivity index (χ3n) is 5.39. The van der Waals surface area contributed by atoms with Crippen molar-refractivity contribution < 1.29 is 13.2 Å². The maximum absolute atomic E-state index is 13.5. The van der Waals surface area contributed by atoms with Crippen molar-refractivity contribution in [2.45, 2.75) is 39.0 Å². The predicted molar refractivity (Wildman–Crippen MR) is 126 cm³/mol.